The van der Waals surface area contributed by atoms with Crippen LogP contribution in [0.5, 0.6) is 0 Å². The Morgan fingerprint density at radius 3 is 2.88 bits per heavy atom. The molecule has 0 spiro atoms. The molecule has 0 unspecified atom stereocenters. The third-order valence-corrected chi connectivity index (χ3v) is 0.877. The van der Waals surface area contributed by atoms with Gasteiger partial charge in [-0.1, -0.05) is 0 Å². The van der Waals surface area contributed by atoms with Gasteiger partial charge in [-0.15, -0.1) is 0 Å². The molecule has 0 bridgehead atoms. The van der Waals surface area contributed by atoms with Crippen LogP contribution in [0.4, 0.5) is 0 Å². The summed E-state index contributed by atoms with van der Waals surface area (Å²) in [5.41, 5.74) is 0. The zero-order valence-corrected chi connectivity index (χ0v) is 4.22. The Balaban J connectivity index is 2.57. The van der Waals surface area contributed by atoms with Crippen molar-refractivity contribution in [3.63, 3.8) is 0 Å². The molecule has 2 N–H and O–H groups in total. The highest BCUT2D eigenvalue weighted by molar-refractivity contribution is 6.34. The fraction of sp³-hybridized carbons (Fsp3) is 0.500. The molecule has 0 radical (unpaired) electrons. The van der Waals surface area contributed by atoms with E-state index >= 15 is 0 Å². The van der Waals surface area contributed by atoms with Crippen molar-refractivity contribution in [2.75, 3.05) is 13.1 Å². The maximum absolute atomic E-state index is 10.0. The number of hydrogen-bond donors (Lipinski definition) is 2. The Hall–Kier alpha value is -1.06. The van der Waals surface area contributed by atoms with E-state index in [1.165, 1.54) is 0 Å². The molecule has 1 aliphatic rings. The van der Waals surface area contributed by atoms with E-state index in [1.807, 2.05) is 0 Å². The molecule has 0 fully saturated rings. The third kappa shape index (κ3) is 0.776. The molecule has 0 aliphatic carbocycles. The van der Waals surface area contributed by atoms with E-state index in [2.05, 4.69) is 10.3 Å². The number of aliphatic carboxylic acids is 1. The van der Waals surface area contributed by atoms with Gasteiger partial charge in [0.25, 0.3) is 0 Å². The molecule has 1 rings (SSSR count). The SMILES string of the molecule is O=C(O)C1=NCCN1. The second-order valence-corrected chi connectivity index (χ2v) is 1.46. The summed E-state index contributed by atoms with van der Waals surface area (Å²) in [6.07, 6.45) is 0. The maximum Gasteiger partial charge on any atom is 0.371 e. The van der Waals surface area contributed by atoms with Crippen LogP contribution in [0.3, 0.4) is 0 Å². The van der Waals surface area contributed by atoms with Crippen LogP contribution in [0.25, 0.3) is 0 Å². The summed E-state index contributed by atoms with van der Waals surface area (Å²) in [6.45, 7) is 1.24. The van der Waals surface area contributed by atoms with Crippen molar-refractivity contribution in [3.05, 3.63) is 0 Å². The van der Waals surface area contributed by atoms with Gasteiger partial charge in [-0.25, -0.2) is 4.79 Å². The summed E-state index contributed by atoms with van der Waals surface area (Å²) in [6, 6.07) is 0. The number of aliphatic imine (C=N–C) groups is 1. The summed E-state index contributed by atoms with van der Waals surface area (Å²) < 4.78 is 0. The Bertz CT molecular complexity index is 141. The van der Waals surface area contributed by atoms with Crippen molar-refractivity contribution in [1.29, 1.82) is 0 Å². The summed E-state index contributed by atoms with van der Waals surface area (Å²) in [4.78, 5) is 13.6. The highest BCUT2D eigenvalue weighted by atomic mass is 16.4. The second kappa shape index (κ2) is 1.81. The average Bonchev–Trinajstić information content (AvgIpc) is 2.12. The lowest BCUT2D eigenvalue weighted by Gasteiger charge is -1.89. The van der Waals surface area contributed by atoms with Crippen molar-refractivity contribution >= 4 is 11.8 Å². The topological polar surface area (TPSA) is 61.7 Å². The van der Waals surface area contributed by atoms with E-state index in [9.17, 15) is 4.79 Å². The molecule has 1 heterocycles. The molecule has 0 saturated heterocycles. The first-order valence-electron chi connectivity index (χ1n) is 2.32. The highest BCUT2D eigenvalue weighted by Crippen LogP contribution is 1.82. The minimum Gasteiger partial charge on any atom is -0.475 e. The van der Waals surface area contributed by atoms with Crippen LogP contribution < -0.4 is 5.32 Å². The Morgan fingerprint density at radius 2 is 2.62 bits per heavy atom. The molecular weight excluding hydrogens is 108 g/mol. The Labute approximate surface area is 46.2 Å². The van der Waals surface area contributed by atoms with Crippen LogP contribution in [0.2, 0.25) is 0 Å². The number of carboxylic acids is 1. The van der Waals surface area contributed by atoms with Gasteiger partial charge in [0.2, 0.25) is 5.84 Å². The van der Waals surface area contributed by atoms with Gasteiger partial charge in [0, 0.05) is 6.54 Å². The minimum atomic E-state index is -0.970. The maximum atomic E-state index is 10.0. The molecule has 0 amide bonds. The number of carbonyl (C=O) groups is 1. The summed E-state index contributed by atoms with van der Waals surface area (Å²) in [5.74, 6) is -0.882. The monoisotopic (exact) mass is 114 g/mol. The van der Waals surface area contributed by atoms with Gasteiger partial charge in [0.1, 0.15) is 0 Å². The summed E-state index contributed by atoms with van der Waals surface area (Å²) in [7, 11) is 0. The van der Waals surface area contributed by atoms with E-state index in [4.69, 9.17) is 5.11 Å². The molecule has 4 heteroatoms. The predicted octanol–water partition coefficient (Wildman–Crippen LogP) is -0.927. The number of amidine groups is 1. The largest absolute Gasteiger partial charge is 0.475 e. The number of carboxylic acid groups (broad SMARTS) is 1. The van der Waals surface area contributed by atoms with E-state index < -0.39 is 5.97 Å². The first kappa shape index (κ1) is 5.08. The number of nitrogens with one attached hydrogen (secondary N) is 1. The molecular formula is C4H6N2O2. The van der Waals surface area contributed by atoms with Crippen molar-refractivity contribution < 1.29 is 9.90 Å². The van der Waals surface area contributed by atoms with Crippen LogP contribution in [-0.2, 0) is 4.79 Å². The van der Waals surface area contributed by atoms with Crippen molar-refractivity contribution in [2.24, 2.45) is 4.99 Å². The zero-order chi connectivity index (χ0) is 5.98. The van der Waals surface area contributed by atoms with E-state index in [-0.39, 0.29) is 5.84 Å². The molecule has 0 atom stereocenters. The number of nitrogens with zero attached hydrogens (tertiary/aromatic N) is 1. The smallest absolute Gasteiger partial charge is 0.371 e. The predicted molar refractivity (Wildman–Crippen MR) is 27.9 cm³/mol. The Kier molecular flexibility index (Phi) is 1.15. The minimum absolute atomic E-state index is 0.0880. The first-order chi connectivity index (χ1) is 3.80. The summed E-state index contributed by atoms with van der Waals surface area (Å²) in [5, 5.41) is 10.8. The zero-order valence-electron chi connectivity index (χ0n) is 4.22. The van der Waals surface area contributed by atoms with Crippen LogP contribution in [0.15, 0.2) is 4.99 Å². The fourth-order valence-electron chi connectivity index (χ4n) is 0.541. The summed E-state index contributed by atoms with van der Waals surface area (Å²) >= 11 is 0. The van der Waals surface area contributed by atoms with Crippen LogP contribution >= 0.6 is 0 Å². The highest BCUT2D eigenvalue weighted by Gasteiger charge is 2.11. The number of hydrogen-bond acceptors (Lipinski definition) is 3. The van der Waals surface area contributed by atoms with Gasteiger partial charge in [-0.2, -0.15) is 0 Å². The third-order valence-electron chi connectivity index (χ3n) is 0.877. The molecule has 4 nitrogen and oxygen atoms in total. The quantitative estimate of drug-likeness (QED) is 0.463. The van der Waals surface area contributed by atoms with Crippen LogP contribution in [-0.4, -0.2) is 30.0 Å². The molecule has 1 aliphatic heterocycles. The standard InChI is InChI=1S/C4H6N2O2/c7-4(8)3-5-1-2-6-3/h1-2H2,(H,5,6)(H,7,8). The van der Waals surface area contributed by atoms with Gasteiger partial charge in [0.05, 0.1) is 6.54 Å². The van der Waals surface area contributed by atoms with E-state index in [1.54, 1.807) is 0 Å². The molecule has 0 aromatic carbocycles. The molecule has 44 valence electrons. The van der Waals surface area contributed by atoms with Crippen molar-refractivity contribution in [3.8, 4) is 0 Å². The average molecular weight is 114 g/mol. The lowest BCUT2D eigenvalue weighted by molar-refractivity contribution is -0.129. The Morgan fingerprint density at radius 1 is 1.88 bits per heavy atom. The van der Waals surface area contributed by atoms with Crippen molar-refractivity contribution in [1.82, 2.24) is 5.32 Å². The van der Waals surface area contributed by atoms with Gasteiger partial charge in [-0.3, -0.25) is 4.99 Å². The second-order valence-electron chi connectivity index (χ2n) is 1.46. The van der Waals surface area contributed by atoms with Gasteiger partial charge < -0.3 is 10.4 Å². The van der Waals surface area contributed by atoms with Gasteiger partial charge >= 0.3 is 5.97 Å². The van der Waals surface area contributed by atoms with Gasteiger partial charge in [0.15, 0.2) is 0 Å². The van der Waals surface area contributed by atoms with Crippen molar-refractivity contribution in [2.45, 2.75) is 0 Å². The van der Waals surface area contributed by atoms with E-state index in [0.29, 0.717) is 13.1 Å². The normalized spacial score (nSPS) is 17.2. The molecule has 0 saturated carbocycles. The molecule has 0 aromatic heterocycles. The fourth-order valence-corrected chi connectivity index (χ4v) is 0.541. The number of rotatable bonds is 1. The van der Waals surface area contributed by atoms with E-state index in [0.717, 1.165) is 0 Å². The molecule has 8 heavy (non-hydrogen) atoms. The lowest BCUT2D eigenvalue weighted by atomic mass is 10.6. The van der Waals surface area contributed by atoms with Crippen LogP contribution in [0, 0.1) is 0 Å². The van der Waals surface area contributed by atoms with Crippen LogP contribution in [0.1, 0.15) is 0 Å². The first-order valence-corrected chi connectivity index (χ1v) is 2.32. The van der Waals surface area contributed by atoms with Gasteiger partial charge in [-0.05, 0) is 0 Å². The lowest BCUT2D eigenvalue weighted by Crippen LogP contribution is -2.26. The molecule has 0 aromatic rings.